The number of unbranched alkanes of at least 4 members (excludes halogenated alkanes) is 33. The highest BCUT2D eigenvalue weighted by Gasteiger charge is 2.20. The van der Waals surface area contributed by atoms with Gasteiger partial charge in [0.25, 0.3) is 0 Å². The molecule has 6 nitrogen and oxygen atoms in total. The molecule has 0 aliphatic carbocycles. The number of amides is 1. The summed E-state index contributed by atoms with van der Waals surface area (Å²) in [5, 5.41) is 23.1. The Morgan fingerprint density at radius 2 is 0.839 bits per heavy atom. The summed E-state index contributed by atoms with van der Waals surface area (Å²) in [7, 11) is 0. The monoisotopic (exact) mass is 792 g/mol. The average molecular weight is 792 g/mol. The standard InChI is InChI=1S/C50H97NO5/c1-3-5-7-9-11-13-15-17-18-19-20-24-28-32-36-40-44-50(55)56-45-41-37-33-29-25-21-23-27-31-35-39-43-49(54)51-47(46-52)48(53)42-38-34-30-26-22-16-14-12-10-8-6-4-2/h18-19,47-48,52-53H,3-17,20-46H2,1-2H3,(H,51,54)/b19-18-. The molecule has 2 unspecified atom stereocenters. The van der Waals surface area contributed by atoms with Gasteiger partial charge in [0.1, 0.15) is 0 Å². The van der Waals surface area contributed by atoms with Gasteiger partial charge in [-0.05, 0) is 51.4 Å². The molecular weight excluding hydrogens is 695 g/mol. The second-order valence-corrected chi connectivity index (χ2v) is 17.1. The van der Waals surface area contributed by atoms with Crippen LogP contribution in [0.5, 0.6) is 0 Å². The van der Waals surface area contributed by atoms with E-state index in [4.69, 9.17) is 4.74 Å². The summed E-state index contributed by atoms with van der Waals surface area (Å²) in [5.41, 5.74) is 0. The molecule has 2 atom stereocenters. The number of hydrogen-bond acceptors (Lipinski definition) is 5. The van der Waals surface area contributed by atoms with Crippen molar-refractivity contribution in [2.24, 2.45) is 0 Å². The first-order valence-electron chi connectivity index (χ1n) is 24.9. The van der Waals surface area contributed by atoms with Crippen LogP contribution in [0.3, 0.4) is 0 Å². The quantitative estimate of drug-likeness (QED) is 0.0324. The van der Waals surface area contributed by atoms with E-state index < -0.39 is 12.1 Å². The number of nitrogens with one attached hydrogen (secondary N) is 1. The maximum absolute atomic E-state index is 12.4. The van der Waals surface area contributed by atoms with Crippen molar-refractivity contribution in [3.8, 4) is 0 Å². The Balaban J connectivity index is 3.46. The predicted molar refractivity (Wildman–Crippen MR) is 241 cm³/mol. The summed E-state index contributed by atoms with van der Waals surface area (Å²) in [6, 6.07) is -0.554. The normalized spacial score (nSPS) is 12.7. The van der Waals surface area contributed by atoms with E-state index in [0.29, 0.717) is 25.9 Å². The lowest BCUT2D eigenvalue weighted by Gasteiger charge is -2.22. The first kappa shape index (κ1) is 54.6. The molecule has 0 bridgehead atoms. The van der Waals surface area contributed by atoms with Crippen LogP contribution in [0.4, 0.5) is 0 Å². The molecule has 1 amide bonds. The van der Waals surface area contributed by atoms with E-state index in [-0.39, 0.29) is 18.5 Å². The second-order valence-electron chi connectivity index (χ2n) is 17.1. The van der Waals surface area contributed by atoms with Crippen LogP contribution in [0.1, 0.15) is 271 Å². The van der Waals surface area contributed by atoms with Crippen molar-refractivity contribution in [2.45, 2.75) is 283 Å². The van der Waals surface area contributed by atoms with Crippen molar-refractivity contribution in [2.75, 3.05) is 13.2 Å². The van der Waals surface area contributed by atoms with Crippen molar-refractivity contribution >= 4 is 11.9 Å². The summed E-state index contributed by atoms with van der Waals surface area (Å²) < 4.78 is 5.45. The molecule has 0 saturated heterocycles. The summed E-state index contributed by atoms with van der Waals surface area (Å²) in [6.45, 7) is 4.90. The maximum Gasteiger partial charge on any atom is 0.305 e. The van der Waals surface area contributed by atoms with Crippen LogP contribution >= 0.6 is 0 Å². The molecule has 0 aromatic heterocycles. The maximum atomic E-state index is 12.4. The van der Waals surface area contributed by atoms with E-state index in [1.807, 2.05) is 0 Å². The molecule has 332 valence electrons. The van der Waals surface area contributed by atoms with Gasteiger partial charge in [-0.3, -0.25) is 9.59 Å². The molecule has 0 aliphatic rings. The van der Waals surface area contributed by atoms with Crippen molar-refractivity contribution in [3.05, 3.63) is 12.2 Å². The molecule has 0 fully saturated rings. The summed E-state index contributed by atoms with van der Waals surface area (Å²) in [5.74, 6) is -0.0755. The van der Waals surface area contributed by atoms with Crippen LogP contribution in [-0.2, 0) is 14.3 Å². The van der Waals surface area contributed by atoms with Crippen molar-refractivity contribution < 1.29 is 24.5 Å². The summed E-state index contributed by atoms with van der Waals surface area (Å²) in [4.78, 5) is 24.4. The third-order valence-electron chi connectivity index (χ3n) is 11.6. The lowest BCUT2D eigenvalue weighted by molar-refractivity contribution is -0.143. The van der Waals surface area contributed by atoms with Crippen molar-refractivity contribution in [3.63, 3.8) is 0 Å². The number of aliphatic hydroxyl groups is 2. The fraction of sp³-hybridized carbons (Fsp3) is 0.920. The van der Waals surface area contributed by atoms with Gasteiger partial charge in [-0.25, -0.2) is 0 Å². The van der Waals surface area contributed by atoms with Gasteiger partial charge in [0, 0.05) is 12.8 Å². The SMILES string of the molecule is CCCCCCCCC/C=C\CCCCCCCC(=O)OCCCCCCCCCCCCCC(=O)NC(CO)C(O)CCCCCCCCCCCCCC. The Kier molecular flexibility index (Phi) is 45.1. The molecular formula is C50H97NO5. The highest BCUT2D eigenvalue weighted by Crippen LogP contribution is 2.16. The Morgan fingerprint density at radius 3 is 1.27 bits per heavy atom. The molecule has 0 saturated carbocycles. The topological polar surface area (TPSA) is 95.9 Å². The van der Waals surface area contributed by atoms with Gasteiger partial charge < -0.3 is 20.3 Å². The van der Waals surface area contributed by atoms with Crippen LogP contribution in [0, 0.1) is 0 Å². The Hall–Kier alpha value is -1.40. The molecule has 6 heteroatoms. The highest BCUT2D eigenvalue weighted by atomic mass is 16.5. The highest BCUT2D eigenvalue weighted by molar-refractivity contribution is 5.76. The first-order chi connectivity index (χ1) is 27.5. The zero-order valence-corrected chi connectivity index (χ0v) is 37.6. The molecule has 0 spiro atoms. The van der Waals surface area contributed by atoms with Crippen LogP contribution in [-0.4, -0.2) is 47.4 Å². The smallest absolute Gasteiger partial charge is 0.305 e. The number of hydrogen-bond donors (Lipinski definition) is 3. The molecule has 0 heterocycles. The van der Waals surface area contributed by atoms with E-state index >= 15 is 0 Å². The minimum atomic E-state index is -0.675. The molecule has 0 aromatic carbocycles. The van der Waals surface area contributed by atoms with Crippen molar-refractivity contribution in [1.82, 2.24) is 5.32 Å². The fourth-order valence-corrected chi connectivity index (χ4v) is 7.69. The zero-order chi connectivity index (χ0) is 40.8. The number of aliphatic hydroxyl groups excluding tert-OH is 2. The number of carbonyl (C=O) groups is 2. The van der Waals surface area contributed by atoms with Gasteiger partial charge in [0.05, 0.1) is 25.4 Å². The number of rotatable bonds is 46. The largest absolute Gasteiger partial charge is 0.466 e. The van der Waals surface area contributed by atoms with E-state index in [9.17, 15) is 19.8 Å². The lowest BCUT2D eigenvalue weighted by atomic mass is 10.0. The fourth-order valence-electron chi connectivity index (χ4n) is 7.69. The lowest BCUT2D eigenvalue weighted by Crippen LogP contribution is -2.45. The van der Waals surface area contributed by atoms with E-state index in [1.165, 1.54) is 180 Å². The minimum absolute atomic E-state index is 0.0210. The third-order valence-corrected chi connectivity index (χ3v) is 11.6. The molecule has 0 aromatic rings. The van der Waals surface area contributed by atoms with Gasteiger partial charge in [0.15, 0.2) is 0 Å². The van der Waals surface area contributed by atoms with Gasteiger partial charge in [0.2, 0.25) is 5.91 Å². The number of carbonyl (C=O) groups excluding carboxylic acids is 2. The molecule has 3 N–H and O–H groups in total. The minimum Gasteiger partial charge on any atom is -0.466 e. The van der Waals surface area contributed by atoms with Crippen LogP contribution in [0.25, 0.3) is 0 Å². The van der Waals surface area contributed by atoms with Gasteiger partial charge >= 0.3 is 5.97 Å². The van der Waals surface area contributed by atoms with E-state index in [2.05, 4.69) is 31.3 Å². The van der Waals surface area contributed by atoms with Crippen LogP contribution in [0.15, 0.2) is 12.2 Å². The molecule has 56 heavy (non-hydrogen) atoms. The van der Waals surface area contributed by atoms with E-state index in [0.717, 1.165) is 57.8 Å². The van der Waals surface area contributed by atoms with Gasteiger partial charge in [-0.2, -0.15) is 0 Å². The third kappa shape index (κ3) is 42.2. The Bertz CT molecular complexity index is 832. The molecule has 0 radical (unpaired) electrons. The van der Waals surface area contributed by atoms with E-state index in [1.54, 1.807) is 0 Å². The van der Waals surface area contributed by atoms with Crippen LogP contribution in [0.2, 0.25) is 0 Å². The predicted octanol–water partition coefficient (Wildman–Crippen LogP) is 14.6. The Labute approximate surface area is 349 Å². The number of esters is 1. The average Bonchev–Trinajstić information content (AvgIpc) is 3.20. The van der Waals surface area contributed by atoms with Crippen molar-refractivity contribution in [1.29, 1.82) is 0 Å². The number of allylic oxidation sites excluding steroid dienone is 2. The van der Waals surface area contributed by atoms with Gasteiger partial charge in [-0.15, -0.1) is 0 Å². The number of ether oxygens (including phenoxy) is 1. The zero-order valence-electron chi connectivity index (χ0n) is 37.6. The van der Waals surface area contributed by atoms with Crippen LogP contribution < -0.4 is 5.32 Å². The molecule has 0 rings (SSSR count). The second kappa shape index (κ2) is 46.3. The summed E-state index contributed by atoms with van der Waals surface area (Å²) in [6.07, 6.45) is 51.7. The summed E-state index contributed by atoms with van der Waals surface area (Å²) >= 11 is 0. The molecule has 0 aliphatic heterocycles. The first-order valence-corrected chi connectivity index (χ1v) is 24.9. The Morgan fingerprint density at radius 1 is 0.482 bits per heavy atom. The van der Waals surface area contributed by atoms with Gasteiger partial charge in [-0.1, -0.05) is 219 Å².